The molecule has 2 rings (SSSR count). The van der Waals surface area contributed by atoms with Crippen LogP contribution in [0.5, 0.6) is 5.75 Å². The van der Waals surface area contributed by atoms with Crippen molar-refractivity contribution in [2.45, 2.75) is 32.8 Å². The molecule has 0 atom stereocenters. The van der Waals surface area contributed by atoms with Gasteiger partial charge in [0.2, 0.25) is 0 Å². The number of ether oxygens (including phenoxy) is 1. The molecular weight excluding hydrogens is 290 g/mol. The Kier molecular flexibility index (Phi) is 5.27. The minimum Gasteiger partial charge on any atom is -0.508 e. The predicted octanol–water partition coefficient (Wildman–Crippen LogP) is 4.13. The van der Waals surface area contributed by atoms with Crippen molar-refractivity contribution in [3.05, 3.63) is 54.1 Å². The SMILES string of the molecule is CC(C)(C)OC(=O)NCCc1ccc(-c2cccc(O)c2)cc1. The van der Waals surface area contributed by atoms with Crippen LogP contribution in [0.25, 0.3) is 11.1 Å². The monoisotopic (exact) mass is 313 g/mol. The van der Waals surface area contributed by atoms with Crippen LogP contribution in [0.1, 0.15) is 26.3 Å². The molecule has 0 saturated heterocycles. The van der Waals surface area contributed by atoms with Crippen LogP contribution in [-0.2, 0) is 11.2 Å². The Morgan fingerprint density at radius 3 is 2.39 bits per heavy atom. The van der Waals surface area contributed by atoms with Gasteiger partial charge >= 0.3 is 6.09 Å². The molecule has 0 radical (unpaired) electrons. The van der Waals surface area contributed by atoms with Crippen LogP contribution in [-0.4, -0.2) is 23.3 Å². The Labute approximate surface area is 137 Å². The van der Waals surface area contributed by atoms with Crippen LogP contribution in [0.4, 0.5) is 4.79 Å². The largest absolute Gasteiger partial charge is 0.508 e. The third-order valence-electron chi connectivity index (χ3n) is 3.22. The Balaban J connectivity index is 1.87. The number of amides is 1. The Morgan fingerprint density at radius 2 is 1.78 bits per heavy atom. The number of carbonyl (C=O) groups excluding carboxylic acids is 1. The molecule has 0 spiro atoms. The molecular formula is C19H23NO3. The highest BCUT2D eigenvalue weighted by atomic mass is 16.6. The van der Waals surface area contributed by atoms with E-state index in [1.807, 2.05) is 57.2 Å². The summed E-state index contributed by atoms with van der Waals surface area (Å²) in [5, 5.41) is 12.3. The second kappa shape index (κ2) is 7.18. The Morgan fingerprint density at radius 1 is 1.09 bits per heavy atom. The van der Waals surface area contributed by atoms with Crippen molar-refractivity contribution in [2.75, 3.05) is 6.54 Å². The molecule has 122 valence electrons. The highest BCUT2D eigenvalue weighted by Crippen LogP contribution is 2.23. The maximum atomic E-state index is 11.6. The fourth-order valence-electron chi connectivity index (χ4n) is 2.17. The first-order valence-electron chi connectivity index (χ1n) is 7.69. The minimum absolute atomic E-state index is 0.258. The van der Waals surface area contributed by atoms with Gasteiger partial charge in [0, 0.05) is 6.54 Å². The minimum atomic E-state index is -0.479. The smallest absolute Gasteiger partial charge is 0.407 e. The average Bonchev–Trinajstić information content (AvgIpc) is 2.46. The van der Waals surface area contributed by atoms with E-state index in [0.717, 1.165) is 23.1 Å². The van der Waals surface area contributed by atoms with Gasteiger partial charge in [0.15, 0.2) is 0 Å². The van der Waals surface area contributed by atoms with Crippen molar-refractivity contribution in [3.63, 3.8) is 0 Å². The van der Waals surface area contributed by atoms with Crippen LogP contribution < -0.4 is 5.32 Å². The van der Waals surface area contributed by atoms with Gasteiger partial charge in [-0.25, -0.2) is 4.79 Å². The first-order chi connectivity index (χ1) is 10.8. The van der Waals surface area contributed by atoms with E-state index in [9.17, 15) is 9.90 Å². The second-order valence-electron chi connectivity index (χ2n) is 6.43. The average molecular weight is 313 g/mol. The summed E-state index contributed by atoms with van der Waals surface area (Å²) < 4.78 is 5.19. The molecule has 0 unspecified atom stereocenters. The van der Waals surface area contributed by atoms with Gasteiger partial charge in [0.25, 0.3) is 0 Å². The van der Waals surface area contributed by atoms with Gasteiger partial charge in [-0.15, -0.1) is 0 Å². The van der Waals surface area contributed by atoms with E-state index in [1.165, 1.54) is 0 Å². The van der Waals surface area contributed by atoms with Gasteiger partial charge in [-0.2, -0.15) is 0 Å². The highest BCUT2D eigenvalue weighted by molar-refractivity contribution is 5.67. The summed E-state index contributed by atoms with van der Waals surface area (Å²) in [5.41, 5.74) is 2.67. The number of rotatable bonds is 4. The standard InChI is InChI=1S/C19H23NO3/c1-19(2,3)23-18(22)20-12-11-14-7-9-15(10-8-14)16-5-4-6-17(21)13-16/h4-10,13,21H,11-12H2,1-3H3,(H,20,22). The number of phenolic OH excluding ortho intramolecular Hbond substituents is 1. The lowest BCUT2D eigenvalue weighted by molar-refractivity contribution is 0.0528. The van der Waals surface area contributed by atoms with E-state index >= 15 is 0 Å². The van der Waals surface area contributed by atoms with E-state index < -0.39 is 11.7 Å². The number of benzene rings is 2. The quantitative estimate of drug-likeness (QED) is 0.892. The van der Waals surface area contributed by atoms with Crippen molar-refractivity contribution in [1.82, 2.24) is 5.32 Å². The van der Waals surface area contributed by atoms with Crippen LogP contribution >= 0.6 is 0 Å². The van der Waals surface area contributed by atoms with Gasteiger partial charge in [0.05, 0.1) is 0 Å². The summed E-state index contributed by atoms with van der Waals surface area (Å²) in [6, 6.07) is 15.2. The Bertz CT molecular complexity index is 657. The summed E-state index contributed by atoms with van der Waals surface area (Å²) in [6.07, 6.45) is 0.341. The fraction of sp³-hybridized carbons (Fsp3) is 0.316. The first kappa shape index (κ1) is 16.9. The zero-order valence-electron chi connectivity index (χ0n) is 13.8. The number of hydrogen-bond acceptors (Lipinski definition) is 3. The van der Waals surface area contributed by atoms with Crippen molar-refractivity contribution in [1.29, 1.82) is 0 Å². The number of nitrogens with one attached hydrogen (secondary N) is 1. The number of hydrogen-bond donors (Lipinski definition) is 2. The van der Waals surface area contributed by atoms with Crippen molar-refractivity contribution in [3.8, 4) is 16.9 Å². The lowest BCUT2D eigenvalue weighted by Gasteiger charge is -2.19. The molecule has 23 heavy (non-hydrogen) atoms. The number of alkyl carbamates (subject to hydrolysis) is 1. The van der Waals surface area contributed by atoms with Crippen LogP contribution in [0.2, 0.25) is 0 Å². The lowest BCUT2D eigenvalue weighted by Crippen LogP contribution is -2.33. The van der Waals surface area contributed by atoms with Crippen LogP contribution in [0.15, 0.2) is 48.5 Å². The topological polar surface area (TPSA) is 58.6 Å². The second-order valence-corrected chi connectivity index (χ2v) is 6.43. The molecule has 0 aliphatic heterocycles. The first-order valence-corrected chi connectivity index (χ1v) is 7.69. The third-order valence-corrected chi connectivity index (χ3v) is 3.22. The zero-order valence-corrected chi connectivity index (χ0v) is 13.8. The van der Waals surface area contributed by atoms with Gasteiger partial charge in [-0.3, -0.25) is 0 Å². The van der Waals surface area contributed by atoms with Crippen molar-refractivity contribution in [2.24, 2.45) is 0 Å². The summed E-state index contributed by atoms with van der Waals surface area (Å²) in [5.74, 6) is 0.258. The van der Waals surface area contributed by atoms with E-state index in [1.54, 1.807) is 12.1 Å². The predicted molar refractivity (Wildman–Crippen MR) is 91.5 cm³/mol. The molecule has 4 nitrogen and oxygen atoms in total. The van der Waals surface area contributed by atoms with Gasteiger partial charge in [-0.1, -0.05) is 36.4 Å². The third kappa shape index (κ3) is 5.66. The van der Waals surface area contributed by atoms with Gasteiger partial charge in [0.1, 0.15) is 11.4 Å². The van der Waals surface area contributed by atoms with Crippen LogP contribution in [0.3, 0.4) is 0 Å². The van der Waals surface area contributed by atoms with E-state index in [4.69, 9.17) is 4.74 Å². The summed E-state index contributed by atoms with van der Waals surface area (Å²) >= 11 is 0. The number of carbonyl (C=O) groups is 1. The Hall–Kier alpha value is -2.49. The molecule has 0 aliphatic carbocycles. The van der Waals surface area contributed by atoms with E-state index in [-0.39, 0.29) is 5.75 Å². The molecule has 2 aromatic carbocycles. The van der Waals surface area contributed by atoms with Crippen molar-refractivity contribution < 1.29 is 14.6 Å². The highest BCUT2D eigenvalue weighted by Gasteiger charge is 2.15. The molecule has 2 N–H and O–H groups in total. The maximum Gasteiger partial charge on any atom is 0.407 e. The molecule has 0 fully saturated rings. The van der Waals surface area contributed by atoms with E-state index in [2.05, 4.69) is 5.32 Å². The molecule has 0 bridgehead atoms. The molecule has 4 heteroatoms. The zero-order chi connectivity index (χ0) is 16.9. The molecule has 1 amide bonds. The normalized spacial score (nSPS) is 11.1. The molecule has 2 aromatic rings. The summed E-state index contributed by atoms with van der Waals surface area (Å²) in [6.45, 7) is 6.05. The van der Waals surface area contributed by atoms with E-state index in [0.29, 0.717) is 6.54 Å². The number of phenols is 1. The number of aromatic hydroxyl groups is 1. The lowest BCUT2D eigenvalue weighted by atomic mass is 10.0. The van der Waals surface area contributed by atoms with Gasteiger partial charge < -0.3 is 15.2 Å². The van der Waals surface area contributed by atoms with Crippen molar-refractivity contribution >= 4 is 6.09 Å². The molecule has 0 aliphatic rings. The fourth-order valence-corrected chi connectivity index (χ4v) is 2.17. The molecule has 0 saturated carbocycles. The van der Waals surface area contributed by atoms with Crippen LogP contribution in [0, 0.1) is 0 Å². The maximum absolute atomic E-state index is 11.6. The van der Waals surface area contributed by atoms with Gasteiger partial charge in [-0.05, 0) is 56.0 Å². The molecule has 0 heterocycles. The summed E-state index contributed by atoms with van der Waals surface area (Å²) in [7, 11) is 0. The summed E-state index contributed by atoms with van der Waals surface area (Å²) in [4.78, 5) is 11.6. The molecule has 0 aromatic heterocycles.